The maximum absolute atomic E-state index is 11.1. The van der Waals surface area contributed by atoms with Gasteiger partial charge in [0.05, 0.1) is 11.6 Å². The van der Waals surface area contributed by atoms with Crippen molar-refractivity contribution in [3.63, 3.8) is 0 Å². The van der Waals surface area contributed by atoms with Crippen LogP contribution in [0.2, 0.25) is 5.02 Å². The first-order valence-corrected chi connectivity index (χ1v) is 5.41. The van der Waals surface area contributed by atoms with E-state index in [1.54, 1.807) is 25.1 Å². The molecule has 0 aromatic heterocycles. The van der Waals surface area contributed by atoms with Crippen molar-refractivity contribution in [2.24, 2.45) is 0 Å². The lowest BCUT2D eigenvalue weighted by Gasteiger charge is -1.99. The molecular formula is C13H11ClO3. The van der Waals surface area contributed by atoms with Gasteiger partial charge in [-0.25, -0.2) is 4.79 Å². The Morgan fingerprint density at radius 2 is 2.12 bits per heavy atom. The van der Waals surface area contributed by atoms with Crippen LogP contribution in [0.25, 0.3) is 0 Å². The molecule has 0 radical (unpaired) electrons. The summed E-state index contributed by atoms with van der Waals surface area (Å²) >= 11 is 5.90. The van der Waals surface area contributed by atoms with Crippen molar-refractivity contribution in [2.45, 2.75) is 13.8 Å². The van der Waals surface area contributed by atoms with Gasteiger partial charge in [0.25, 0.3) is 0 Å². The Bertz CT molecular complexity index is 509. The summed E-state index contributed by atoms with van der Waals surface area (Å²) in [5, 5.41) is 0.327. The second kappa shape index (κ2) is 6.07. The van der Waals surface area contributed by atoms with E-state index in [2.05, 4.69) is 16.6 Å². The third-order valence-electron chi connectivity index (χ3n) is 1.93. The first-order chi connectivity index (χ1) is 8.04. The van der Waals surface area contributed by atoms with Gasteiger partial charge in [-0.15, -0.1) is 0 Å². The van der Waals surface area contributed by atoms with Crippen LogP contribution in [0.15, 0.2) is 18.2 Å². The predicted molar refractivity (Wildman–Crippen MR) is 65.0 cm³/mol. The Kier molecular flexibility index (Phi) is 4.74. The zero-order chi connectivity index (χ0) is 12.8. The lowest BCUT2D eigenvalue weighted by atomic mass is 10.1. The third kappa shape index (κ3) is 3.93. The van der Waals surface area contributed by atoms with Gasteiger partial charge < -0.3 is 4.74 Å². The highest BCUT2D eigenvalue weighted by molar-refractivity contribution is 6.34. The minimum atomic E-state index is -0.584. The predicted octanol–water partition coefficient (Wildman–Crippen LogP) is 2.46. The molecule has 0 saturated heterocycles. The van der Waals surface area contributed by atoms with E-state index in [0.717, 1.165) is 0 Å². The van der Waals surface area contributed by atoms with E-state index < -0.39 is 5.97 Å². The third-order valence-corrected chi connectivity index (χ3v) is 2.25. The average Bonchev–Trinajstić information content (AvgIpc) is 2.26. The van der Waals surface area contributed by atoms with Gasteiger partial charge in [0.15, 0.2) is 5.78 Å². The van der Waals surface area contributed by atoms with Crippen LogP contribution in [0.3, 0.4) is 0 Å². The fourth-order valence-electron chi connectivity index (χ4n) is 1.17. The average molecular weight is 251 g/mol. The summed E-state index contributed by atoms with van der Waals surface area (Å²) in [7, 11) is 0. The second-order valence-electron chi connectivity index (χ2n) is 3.22. The molecule has 0 unspecified atom stereocenters. The number of halogens is 1. The summed E-state index contributed by atoms with van der Waals surface area (Å²) in [5.74, 6) is 4.24. The molecule has 0 heterocycles. The second-order valence-corrected chi connectivity index (χ2v) is 3.63. The quantitative estimate of drug-likeness (QED) is 0.460. The van der Waals surface area contributed by atoms with E-state index in [-0.39, 0.29) is 12.4 Å². The van der Waals surface area contributed by atoms with Crippen LogP contribution < -0.4 is 0 Å². The fourth-order valence-corrected chi connectivity index (χ4v) is 1.48. The van der Waals surface area contributed by atoms with Gasteiger partial charge in [0.2, 0.25) is 0 Å². The van der Waals surface area contributed by atoms with Gasteiger partial charge in [0, 0.05) is 17.0 Å². The molecule has 0 saturated carbocycles. The molecule has 0 fully saturated rings. The zero-order valence-corrected chi connectivity index (χ0v) is 10.3. The van der Waals surface area contributed by atoms with Gasteiger partial charge >= 0.3 is 5.97 Å². The number of Topliss-reactive ketones (excluding diaryl/α,β-unsaturated/α-hetero) is 1. The first-order valence-electron chi connectivity index (χ1n) is 5.04. The van der Waals surface area contributed by atoms with Gasteiger partial charge in [-0.05, 0) is 32.0 Å². The summed E-state index contributed by atoms with van der Waals surface area (Å²) in [4.78, 5) is 22.1. The largest absolute Gasteiger partial charge is 0.456 e. The minimum Gasteiger partial charge on any atom is -0.456 e. The molecule has 88 valence electrons. The lowest BCUT2D eigenvalue weighted by molar-refractivity contribution is -0.136. The highest BCUT2D eigenvalue weighted by Crippen LogP contribution is 2.17. The standard InChI is InChI=1S/C13H11ClO3/c1-3-17-13(16)7-5-10-4-6-11(9(2)15)12(14)8-10/h4,6,8H,3H2,1-2H3. The smallest absolute Gasteiger partial charge is 0.384 e. The van der Waals surface area contributed by atoms with E-state index in [0.29, 0.717) is 16.1 Å². The number of carbonyl (C=O) groups excluding carboxylic acids is 2. The topological polar surface area (TPSA) is 43.4 Å². The maximum Gasteiger partial charge on any atom is 0.384 e. The Morgan fingerprint density at radius 3 is 2.65 bits per heavy atom. The molecule has 1 aromatic carbocycles. The van der Waals surface area contributed by atoms with Crippen molar-refractivity contribution < 1.29 is 14.3 Å². The molecule has 0 spiro atoms. The number of carbonyl (C=O) groups is 2. The molecule has 0 amide bonds. The van der Waals surface area contributed by atoms with Gasteiger partial charge in [-0.1, -0.05) is 17.5 Å². The Morgan fingerprint density at radius 1 is 1.41 bits per heavy atom. The lowest BCUT2D eigenvalue weighted by Crippen LogP contribution is -1.99. The minimum absolute atomic E-state index is 0.111. The van der Waals surface area contributed by atoms with Gasteiger partial charge in [-0.2, -0.15) is 0 Å². The molecule has 0 aliphatic carbocycles. The molecule has 0 atom stereocenters. The molecule has 0 aliphatic heterocycles. The van der Waals surface area contributed by atoms with Crippen molar-refractivity contribution in [1.82, 2.24) is 0 Å². The van der Waals surface area contributed by atoms with Crippen molar-refractivity contribution in [2.75, 3.05) is 6.61 Å². The van der Waals surface area contributed by atoms with E-state index in [1.165, 1.54) is 6.92 Å². The fraction of sp³-hybridized carbons (Fsp3) is 0.231. The monoisotopic (exact) mass is 250 g/mol. The van der Waals surface area contributed by atoms with Crippen molar-refractivity contribution in [3.05, 3.63) is 34.3 Å². The number of esters is 1. The summed E-state index contributed by atoms with van der Waals surface area (Å²) in [6.45, 7) is 3.43. The first kappa shape index (κ1) is 13.3. The van der Waals surface area contributed by atoms with Crippen molar-refractivity contribution in [1.29, 1.82) is 0 Å². The number of rotatable bonds is 2. The van der Waals surface area contributed by atoms with Crippen LogP contribution in [0.1, 0.15) is 29.8 Å². The molecular weight excluding hydrogens is 240 g/mol. The van der Waals surface area contributed by atoms with E-state index in [1.807, 2.05) is 0 Å². The van der Waals surface area contributed by atoms with Crippen molar-refractivity contribution in [3.8, 4) is 11.8 Å². The number of ketones is 1. The molecule has 1 rings (SSSR count). The number of ether oxygens (including phenoxy) is 1. The number of benzene rings is 1. The van der Waals surface area contributed by atoms with E-state index in [4.69, 9.17) is 11.6 Å². The van der Waals surface area contributed by atoms with E-state index in [9.17, 15) is 9.59 Å². The Hall–Kier alpha value is -1.79. The van der Waals surface area contributed by atoms with E-state index >= 15 is 0 Å². The summed E-state index contributed by atoms with van der Waals surface area (Å²) < 4.78 is 4.66. The molecule has 4 heteroatoms. The molecule has 0 aliphatic rings. The van der Waals surface area contributed by atoms with Gasteiger partial charge in [-0.3, -0.25) is 4.79 Å². The SMILES string of the molecule is CCOC(=O)C#Cc1ccc(C(C)=O)c(Cl)c1. The van der Waals surface area contributed by atoms with Crippen LogP contribution in [0.5, 0.6) is 0 Å². The molecule has 0 bridgehead atoms. The van der Waals surface area contributed by atoms with Gasteiger partial charge in [0.1, 0.15) is 0 Å². The molecule has 0 N–H and O–H groups in total. The summed E-state index contributed by atoms with van der Waals surface area (Å²) in [6, 6.07) is 4.76. The number of hydrogen-bond acceptors (Lipinski definition) is 3. The molecule has 1 aromatic rings. The molecule has 3 nitrogen and oxygen atoms in total. The Labute approximate surface area is 105 Å². The zero-order valence-electron chi connectivity index (χ0n) is 9.54. The number of hydrogen-bond donors (Lipinski definition) is 0. The highest BCUT2D eigenvalue weighted by atomic mass is 35.5. The maximum atomic E-state index is 11.1. The van der Waals surface area contributed by atoms with Crippen LogP contribution in [-0.4, -0.2) is 18.4 Å². The van der Waals surface area contributed by atoms with Crippen LogP contribution in [-0.2, 0) is 9.53 Å². The van der Waals surface area contributed by atoms with Crippen molar-refractivity contribution >= 4 is 23.4 Å². The normalized spacial score (nSPS) is 9.12. The van der Waals surface area contributed by atoms with Crippen LogP contribution >= 0.6 is 11.6 Å². The Balaban J connectivity index is 2.91. The summed E-state index contributed by atoms with van der Waals surface area (Å²) in [6.07, 6.45) is 0. The van der Waals surface area contributed by atoms with Crippen LogP contribution in [0, 0.1) is 11.8 Å². The van der Waals surface area contributed by atoms with Crippen LogP contribution in [0.4, 0.5) is 0 Å². The molecule has 17 heavy (non-hydrogen) atoms. The summed E-state index contributed by atoms with van der Waals surface area (Å²) in [5.41, 5.74) is 1.00. The highest BCUT2D eigenvalue weighted by Gasteiger charge is 2.05.